The van der Waals surface area contributed by atoms with Gasteiger partial charge in [-0.1, -0.05) is 351 Å². The summed E-state index contributed by atoms with van der Waals surface area (Å²) < 4.78 is 68.5. The predicted molar refractivity (Wildman–Crippen MR) is 400 cm³/mol. The Kier molecular flexibility index (Phi) is 66.8. The summed E-state index contributed by atoms with van der Waals surface area (Å²) in [5.74, 6) is 0.935. The third kappa shape index (κ3) is 71.1. The van der Waals surface area contributed by atoms with Gasteiger partial charge in [-0.15, -0.1) is 0 Å². The molecule has 0 amide bonds. The van der Waals surface area contributed by atoms with E-state index in [1.54, 1.807) is 0 Å². The van der Waals surface area contributed by atoms with Crippen molar-refractivity contribution in [1.82, 2.24) is 0 Å². The highest BCUT2D eigenvalue weighted by Gasteiger charge is 2.30. The standard InChI is InChI=1S/C79H154O17P2/c1-9-72(8)58-50-42-33-26-22-18-14-12-10-11-13-15-19-24-28-36-45-53-61-78(83)95-74(65-89-76(81)59-51-43-34-27-23-20-16-17-21-25-31-39-47-55-69(2)3)67-93-97(85,86)91-63-73(80)64-92-98(87,88)94-68-75(96-79(84)62-54-46-38-37-41-49-57-71(6)7)66-90-77(82)60-52-44-35-30-29-32-40-48-56-70(4)5/h69-75,80H,9-68H2,1-8H3,(H,85,86)(H,87,88)/t72?,73?,74-,75-/m1/s1. The number of carbonyl (C=O) groups excluding carboxylic acids is 4. The van der Waals surface area contributed by atoms with Crippen LogP contribution in [0.5, 0.6) is 0 Å². The van der Waals surface area contributed by atoms with Gasteiger partial charge in [-0.2, -0.15) is 0 Å². The van der Waals surface area contributed by atoms with Crippen LogP contribution < -0.4 is 0 Å². The van der Waals surface area contributed by atoms with Crippen molar-refractivity contribution in [3.8, 4) is 0 Å². The molecule has 0 heterocycles. The van der Waals surface area contributed by atoms with Crippen molar-refractivity contribution in [3.63, 3.8) is 0 Å². The number of unbranched alkanes of at least 4 members (excludes halogenated alkanes) is 41. The van der Waals surface area contributed by atoms with Crippen molar-refractivity contribution in [2.75, 3.05) is 39.6 Å². The lowest BCUT2D eigenvalue weighted by atomic mass is 9.99. The van der Waals surface area contributed by atoms with Gasteiger partial charge in [0, 0.05) is 25.7 Å². The molecular formula is C79H154O17P2. The number of aliphatic hydroxyl groups is 1. The van der Waals surface area contributed by atoms with Crippen LogP contribution in [0.25, 0.3) is 0 Å². The summed E-state index contributed by atoms with van der Waals surface area (Å²) in [6, 6.07) is 0. The number of phosphoric acid groups is 2. The van der Waals surface area contributed by atoms with E-state index in [-0.39, 0.29) is 25.7 Å². The van der Waals surface area contributed by atoms with Crippen LogP contribution in [0.1, 0.15) is 402 Å². The van der Waals surface area contributed by atoms with E-state index >= 15 is 0 Å². The second-order valence-electron chi connectivity index (χ2n) is 30.1. The lowest BCUT2D eigenvalue weighted by Gasteiger charge is -2.21. The minimum Gasteiger partial charge on any atom is -0.462 e. The van der Waals surface area contributed by atoms with Crippen LogP contribution in [0.4, 0.5) is 0 Å². The molecule has 0 rings (SSSR count). The maximum Gasteiger partial charge on any atom is 0.472 e. The molecule has 0 bridgehead atoms. The molecule has 0 spiro atoms. The fourth-order valence-corrected chi connectivity index (χ4v) is 13.6. The Hall–Kier alpha value is -1.94. The van der Waals surface area contributed by atoms with Crippen LogP contribution >= 0.6 is 15.6 Å². The van der Waals surface area contributed by atoms with Gasteiger partial charge in [0.2, 0.25) is 0 Å². The SMILES string of the molecule is CCC(C)CCCCCCCCCCCCCCCCCCCCC(=O)O[C@H](COC(=O)CCCCCCCCCCCCCCCC(C)C)COP(=O)(O)OCC(O)COP(=O)(O)OC[C@@H](COC(=O)CCCCCCCCCCC(C)C)OC(=O)CCCCCCCCC(C)C. The fourth-order valence-electron chi connectivity index (χ4n) is 12.0. The topological polar surface area (TPSA) is 237 Å². The number of esters is 4. The van der Waals surface area contributed by atoms with Crippen LogP contribution in [0, 0.1) is 23.7 Å². The first-order valence-corrected chi connectivity index (χ1v) is 43.7. The van der Waals surface area contributed by atoms with Gasteiger partial charge in [-0.3, -0.25) is 37.3 Å². The van der Waals surface area contributed by atoms with Crippen molar-refractivity contribution in [2.24, 2.45) is 23.7 Å². The van der Waals surface area contributed by atoms with E-state index in [0.29, 0.717) is 31.6 Å². The maximum atomic E-state index is 13.1. The molecule has 19 heteroatoms. The lowest BCUT2D eigenvalue weighted by Crippen LogP contribution is -2.30. The molecule has 0 saturated heterocycles. The van der Waals surface area contributed by atoms with E-state index in [1.165, 1.54) is 205 Å². The summed E-state index contributed by atoms with van der Waals surface area (Å²) in [4.78, 5) is 72.8. The summed E-state index contributed by atoms with van der Waals surface area (Å²) in [5.41, 5.74) is 0. The Bertz CT molecular complexity index is 1920. The average molecular weight is 1440 g/mol. The third-order valence-corrected chi connectivity index (χ3v) is 20.6. The quantitative estimate of drug-likeness (QED) is 0.0222. The predicted octanol–water partition coefficient (Wildman–Crippen LogP) is 23.2. The molecule has 0 aromatic rings. The Morgan fingerprint density at radius 2 is 0.490 bits per heavy atom. The second-order valence-corrected chi connectivity index (χ2v) is 33.0. The zero-order chi connectivity index (χ0) is 72.4. The lowest BCUT2D eigenvalue weighted by molar-refractivity contribution is -0.161. The zero-order valence-corrected chi connectivity index (χ0v) is 66.2. The molecule has 98 heavy (non-hydrogen) atoms. The van der Waals surface area contributed by atoms with E-state index < -0.39 is 97.5 Å². The molecule has 582 valence electrons. The minimum atomic E-state index is -4.96. The molecule has 0 aromatic heterocycles. The van der Waals surface area contributed by atoms with Crippen molar-refractivity contribution in [1.29, 1.82) is 0 Å². The summed E-state index contributed by atoms with van der Waals surface area (Å²) in [6.45, 7) is 14.2. The molecule has 0 aromatic carbocycles. The smallest absolute Gasteiger partial charge is 0.462 e. The molecule has 0 radical (unpaired) electrons. The molecule has 3 N–H and O–H groups in total. The van der Waals surface area contributed by atoms with Gasteiger partial charge in [0.25, 0.3) is 0 Å². The van der Waals surface area contributed by atoms with Crippen LogP contribution in [-0.4, -0.2) is 96.7 Å². The van der Waals surface area contributed by atoms with Gasteiger partial charge in [-0.25, -0.2) is 9.13 Å². The van der Waals surface area contributed by atoms with Crippen molar-refractivity contribution >= 4 is 39.5 Å². The van der Waals surface area contributed by atoms with Gasteiger partial charge in [0.15, 0.2) is 12.2 Å². The summed E-state index contributed by atoms with van der Waals surface area (Å²) in [6.07, 6.45) is 54.4. The fraction of sp³-hybridized carbons (Fsp3) is 0.949. The minimum absolute atomic E-state index is 0.101. The van der Waals surface area contributed by atoms with E-state index in [1.807, 2.05) is 0 Å². The van der Waals surface area contributed by atoms with Gasteiger partial charge >= 0.3 is 39.5 Å². The van der Waals surface area contributed by atoms with Crippen LogP contribution in [0.15, 0.2) is 0 Å². The third-order valence-electron chi connectivity index (χ3n) is 18.7. The number of hydrogen-bond donors (Lipinski definition) is 3. The summed E-state index contributed by atoms with van der Waals surface area (Å²) in [7, 11) is -9.91. The number of ether oxygens (including phenoxy) is 4. The van der Waals surface area contributed by atoms with E-state index in [9.17, 15) is 43.2 Å². The molecule has 6 atom stereocenters. The highest BCUT2D eigenvalue weighted by Crippen LogP contribution is 2.45. The molecular weight excluding hydrogens is 1280 g/mol. The van der Waals surface area contributed by atoms with Crippen molar-refractivity contribution in [2.45, 2.75) is 420 Å². The maximum absolute atomic E-state index is 13.1. The van der Waals surface area contributed by atoms with Gasteiger partial charge in [0.1, 0.15) is 19.3 Å². The van der Waals surface area contributed by atoms with Gasteiger partial charge in [0.05, 0.1) is 26.4 Å². The second kappa shape index (κ2) is 68.2. The van der Waals surface area contributed by atoms with Crippen LogP contribution in [0.3, 0.4) is 0 Å². The Morgan fingerprint density at radius 3 is 0.724 bits per heavy atom. The Labute approximate surface area is 600 Å². The Balaban J connectivity index is 5.19. The highest BCUT2D eigenvalue weighted by atomic mass is 31.2. The van der Waals surface area contributed by atoms with Crippen LogP contribution in [-0.2, 0) is 65.4 Å². The molecule has 0 aliphatic rings. The van der Waals surface area contributed by atoms with Crippen molar-refractivity contribution in [3.05, 3.63) is 0 Å². The first kappa shape index (κ1) is 96.1. The van der Waals surface area contributed by atoms with E-state index in [2.05, 4.69) is 55.4 Å². The largest absolute Gasteiger partial charge is 0.472 e. The summed E-state index contributed by atoms with van der Waals surface area (Å²) in [5, 5.41) is 10.6. The van der Waals surface area contributed by atoms with E-state index in [0.717, 1.165) is 108 Å². The molecule has 4 unspecified atom stereocenters. The van der Waals surface area contributed by atoms with Gasteiger partial charge < -0.3 is 33.8 Å². The monoisotopic (exact) mass is 1440 g/mol. The number of phosphoric ester groups is 2. The Morgan fingerprint density at radius 1 is 0.286 bits per heavy atom. The van der Waals surface area contributed by atoms with Crippen LogP contribution in [0.2, 0.25) is 0 Å². The average Bonchev–Trinajstić information content (AvgIpc) is 1.17. The van der Waals surface area contributed by atoms with E-state index in [4.69, 9.17) is 37.0 Å². The zero-order valence-electron chi connectivity index (χ0n) is 64.4. The number of aliphatic hydroxyl groups excluding tert-OH is 1. The highest BCUT2D eigenvalue weighted by molar-refractivity contribution is 7.47. The molecule has 0 aliphatic carbocycles. The number of carbonyl (C=O) groups is 4. The number of rotatable bonds is 76. The first-order valence-electron chi connectivity index (χ1n) is 40.7. The normalized spacial score (nSPS) is 14.3. The molecule has 0 aliphatic heterocycles. The first-order chi connectivity index (χ1) is 47.1. The van der Waals surface area contributed by atoms with Gasteiger partial charge in [-0.05, 0) is 49.4 Å². The van der Waals surface area contributed by atoms with Crippen molar-refractivity contribution < 1.29 is 80.2 Å². The molecule has 17 nitrogen and oxygen atoms in total. The number of hydrogen-bond acceptors (Lipinski definition) is 15. The molecule has 0 saturated carbocycles. The molecule has 0 fully saturated rings. The summed E-state index contributed by atoms with van der Waals surface area (Å²) >= 11 is 0.